The van der Waals surface area contributed by atoms with Crippen LogP contribution in [0, 0.1) is 6.92 Å². The summed E-state index contributed by atoms with van der Waals surface area (Å²) in [5.41, 5.74) is 2.59. The third-order valence-corrected chi connectivity index (χ3v) is 5.10. The summed E-state index contributed by atoms with van der Waals surface area (Å²) in [5.74, 6) is 0.725. The minimum atomic E-state index is -0.0209. The normalized spacial score (nSPS) is 10.4. The summed E-state index contributed by atoms with van der Waals surface area (Å²) in [6.07, 6.45) is 0.443. The van der Waals surface area contributed by atoms with Gasteiger partial charge in [0.25, 0.3) is 5.91 Å². The predicted octanol–water partition coefficient (Wildman–Crippen LogP) is 4.60. The zero-order chi connectivity index (χ0) is 18.9. The van der Waals surface area contributed by atoms with Gasteiger partial charge in [0.2, 0.25) is 5.91 Å². The molecular formula is C21H26N2O2S. The van der Waals surface area contributed by atoms with E-state index in [9.17, 15) is 9.59 Å². The van der Waals surface area contributed by atoms with Crippen LogP contribution < -0.4 is 5.32 Å². The average molecular weight is 371 g/mol. The highest BCUT2D eigenvalue weighted by atomic mass is 32.2. The number of thioether (sulfide) groups is 1. The Labute approximate surface area is 160 Å². The molecule has 4 nitrogen and oxygen atoms in total. The summed E-state index contributed by atoms with van der Waals surface area (Å²) in [7, 11) is 0. The number of aryl methyl sites for hydroxylation is 1. The Balaban J connectivity index is 1.81. The maximum Gasteiger partial charge on any atom is 0.253 e. The SMILES string of the molecule is CCN(CC)C(=O)c1ccc(NC(=O)CCSc2ccc(C)cc2)cc1. The lowest BCUT2D eigenvalue weighted by atomic mass is 10.1. The molecule has 0 heterocycles. The smallest absolute Gasteiger partial charge is 0.253 e. The van der Waals surface area contributed by atoms with Crippen molar-refractivity contribution in [3.05, 3.63) is 59.7 Å². The van der Waals surface area contributed by atoms with Crippen LogP contribution in [-0.4, -0.2) is 35.6 Å². The van der Waals surface area contributed by atoms with Gasteiger partial charge in [-0.1, -0.05) is 17.7 Å². The second-order valence-electron chi connectivity index (χ2n) is 6.01. The Morgan fingerprint density at radius 3 is 2.15 bits per heavy atom. The Morgan fingerprint density at radius 2 is 1.58 bits per heavy atom. The summed E-state index contributed by atoms with van der Waals surface area (Å²) in [5, 5.41) is 2.88. The molecule has 1 N–H and O–H groups in total. The van der Waals surface area contributed by atoms with E-state index in [-0.39, 0.29) is 11.8 Å². The molecule has 0 saturated heterocycles. The molecule has 2 aromatic carbocycles. The van der Waals surface area contributed by atoms with E-state index < -0.39 is 0 Å². The van der Waals surface area contributed by atoms with Crippen molar-refractivity contribution < 1.29 is 9.59 Å². The van der Waals surface area contributed by atoms with E-state index in [1.165, 1.54) is 10.5 Å². The number of benzene rings is 2. The van der Waals surface area contributed by atoms with Gasteiger partial charge in [-0.25, -0.2) is 0 Å². The maximum absolute atomic E-state index is 12.3. The van der Waals surface area contributed by atoms with Gasteiger partial charge in [-0.05, 0) is 57.2 Å². The number of nitrogens with one attached hydrogen (secondary N) is 1. The summed E-state index contributed by atoms with van der Waals surface area (Å²) in [4.78, 5) is 27.3. The van der Waals surface area contributed by atoms with Crippen molar-refractivity contribution in [3.8, 4) is 0 Å². The van der Waals surface area contributed by atoms with Crippen molar-refractivity contribution in [2.75, 3.05) is 24.2 Å². The van der Waals surface area contributed by atoms with E-state index in [1.54, 1.807) is 40.9 Å². The van der Waals surface area contributed by atoms with Gasteiger partial charge < -0.3 is 10.2 Å². The second kappa shape index (κ2) is 10.0. The van der Waals surface area contributed by atoms with Gasteiger partial charge in [0.15, 0.2) is 0 Å². The number of carbonyl (C=O) groups is 2. The van der Waals surface area contributed by atoms with E-state index in [0.29, 0.717) is 30.8 Å². The van der Waals surface area contributed by atoms with Gasteiger partial charge in [-0.2, -0.15) is 0 Å². The third-order valence-electron chi connectivity index (χ3n) is 4.09. The van der Waals surface area contributed by atoms with Crippen molar-refractivity contribution in [2.45, 2.75) is 32.1 Å². The number of nitrogens with zero attached hydrogens (tertiary/aromatic N) is 1. The Bertz CT molecular complexity index is 723. The molecule has 138 valence electrons. The number of amides is 2. The van der Waals surface area contributed by atoms with Crippen molar-refractivity contribution in [2.24, 2.45) is 0 Å². The molecule has 0 fully saturated rings. The molecule has 0 aliphatic rings. The number of hydrogen-bond acceptors (Lipinski definition) is 3. The predicted molar refractivity (Wildman–Crippen MR) is 109 cm³/mol. The van der Waals surface area contributed by atoms with Crippen molar-refractivity contribution >= 4 is 29.3 Å². The maximum atomic E-state index is 12.3. The van der Waals surface area contributed by atoms with Crippen LogP contribution in [0.1, 0.15) is 36.2 Å². The fourth-order valence-corrected chi connectivity index (χ4v) is 3.36. The van der Waals surface area contributed by atoms with E-state index >= 15 is 0 Å². The number of carbonyl (C=O) groups excluding carboxylic acids is 2. The summed E-state index contributed by atoms with van der Waals surface area (Å²) in [6.45, 7) is 7.36. The van der Waals surface area contributed by atoms with Crippen molar-refractivity contribution in [3.63, 3.8) is 0 Å². The van der Waals surface area contributed by atoms with Crippen LogP contribution in [0.5, 0.6) is 0 Å². The largest absolute Gasteiger partial charge is 0.339 e. The number of rotatable bonds is 8. The Morgan fingerprint density at radius 1 is 0.962 bits per heavy atom. The van der Waals surface area contributed by atoms with Crippen molar-refractivity contribution in [1.82, 2.24) is 4.90 Å². The summed E-state index contributed by atoms with van der Waals surface area (Å²) in [6, 6.07) is 15.4. The van der Waals surface area contributed by atoms with E-state index in [4.69, 9.17) is 0 Å². The molecule has 0 unspecified atom stereocenters. The molecule has 0 radical (unpaired) electrons. The van der Waals surface area contributed by atoms with Crippen molar-refractivity contribution in [1.29, 1.82) is 0 Å². The minimum Gasteiger partial charge on any atom is -0.339 e. The molecule has 0 saturated carbocycles. The van der Waals surface area contributed by atoms with Crippen LogP contribution >= 0.6 is 11.8 Å². The fraction of sp³-hybridized carbons (Fsp3) is 0.333. The molecule has 2 rings (SSSR count). The zero-order valence-electron chi connectivity index (χ0n) is 15.6. The van der Waals surface area contributed by atoms with E-state index in [2.05, 4.69) is 36.5 Å². The molecule has 5 heteroatoms. The molecule has 26 heavy (non-hydrogen) atoms. The van der Waals surface area contributed by atoms with E-state index in [1.807, 2.05) is 13.8 Å². The first kappa shape index (κ1) is 20.0. The van der Waals surface area contributed by atoms with E-state index in [0.717, 1.165) is 5.75 Å². The molecule has 2 amide bonds. The highest BCUT2D eigenvalue weighted by molar-refractivity contribution is 7.99. The molecule has 0 atom stereocenters. The lowest BCUT2D eigenvalue weighted by molar-refractivity contribution is -0.115. The Hall–Kier alpha value is -2.27. The van der Waals surface area contributed by atoms with Gasteiger partial charge in [0.05, 0.1) is 0 Å². The average Bonchev–Trinajstić information content (AvgIpc) is 2.65. The lowest BCUT2D eigenvalue weighted by Crippen LogP contribution is -2.30. The first-order chi connectivity index (χ1) is 12.5. The molecule has 0 aliphatic heterocycles. The van der Waals surface area contributed by atoms with Crippen LogP contribution in [0.25, 0.3) is 0 Å². The van der Waals surface area contributed by atoms with Gasteiger partial charge in [0, 0.05) is 41.4 Å². The van der Waals surface area contributed by atoms with Gasteiger partial charge in [-0.15, -0.1) is 11.8 Å². The molecule has 0 bridgehead atoms. The first-order valence-corrected chi connectivity index (χ1v) is 9.90. The molecule has 2 aromatic rings. The van der Waals surface area contributed by atoms with Crippen LogP contribution in [0.2, 0.25) is 0 Å². The monoisotopic (exact) mass is 370 g/mol. The third kappa shape index (κ3) is 5.92. The van der Waals surface area contributed by atoms with Crippen LogP contribution in [0.4, 0.5) is 5.69 Å². The molecule has 0 spiro atoms. The second-order valence-corrected chi connectivity index (χ2v) is 7.18. The number of hydrogen-bond donors (Lipinski definition) is 1. The topological polar surface area (TPSA) is 49.4 Å². The van der Waals surface area contributed by atoms with Gasteiger partial charge >= 0.3 is 0 Å². The quantitative estimate of drug-likeness (QED) is 0.691. The molecule has 0 aliphatic carbocycles. The highest BCUT2D eigenvalue weighted by Crippen LogP contribution is 2.19. The number of anilines is 1. The fourth-order valence-electron chi connectivity index (χ4n) is 2.51. The lowest BCUT2D eigenvalue weighted by Gasteiger charge is -2.18. The Kier molecular flexibility index (Phi) is 7.73. The van der Waals surface area contributed by atoms with Crippen LogP contribution in [0.15, 0.2) is 53.4 Å². The highest BCUT2D eigenvalue weighted by Gasteiger charge is 2.12. The standard InChI is InChI=1S/C21H26N2O2S/c1-4-23(5-2)21(25)17-8-10-18(11-9-17)22-20(24)14-15-26-19-12-6-16(3)7-13-19/h6-13H,4-5,14-15H2,1-3H3,(H,22,24). The van der Waals surface area contributed by atoms with Crippen LogP contribution in [0.3, 0.4) is 0 Å². The molecule has 0 aromatic heterocycles. The molecular weight excluding hydrogens is 344 g/mol. The van der Waals surface area contributed by atoms with Gasteiger partial charge in [0.1, 0.15) is 0 Å². The minimum absolute atomic E-state index is 0.0161. The van der Waals surface area contributed by atoms with Crippen LogP contribution in [-0.2, 0) is 4.79 Å². The van der Waals surface area contributed by atoms with Gasteiger partial charge in [-0.3, -0.25) is 9.59 Å². The summed E-state index contributed by atoms with van der Waals surface area (Å²) < 4.78 is 0. The zero-order valence-corrected chi connectivity index (χ0v) is 16.4. The first-order valence-electron chi connectivity index (χ1n) is 8.92. The summed E-state index contributed by atoms with van der Waals surface area (Å²) >= 11 is 1.67.